The third-order valence-corrected chi connectivity index (χ3v) is 2.51. The van der Waals surface area contributed by atoms with Crippen LogP contribution >= 0.6 is 0 Å². The number of methoxy groups -OCH3 is 1. The highest BCUT2D eigenvalue weighted by Crippen LogP contribution is 2.19. The van der Waals surface area contributed by atoms with Gasteiger partial charge in [-0.05, 0) is 25.1 Å². The van der Waals surface area contributed by atoms with Crippen LogP contribution in [0.3, 0.4) is 0 Å². The molecule has 0 spiro atoms. The number of carbonyl (C=O) groups excluding carboxylic acids is 2. The van der Waals surface area contributed by atoms with Gasteiger partial charge in [-0.25, -0.2) is 9.18 Å². The second-order valence-electron chi connectivity index (χ2n) is 4.24. The lowest BCUT2D eigenvalue weighted by molar-refractivity contribution is -0.184. The van der Waals surface area contributed by atoms with Gasteiger partial charge >= 0.3 is 12.1 Å². The van der Waals surface area contributed by atoms with E-state index in [2.05, 4.69) is 14.8 Å². The highest BCUT2D eigenvalue weighted by molar-refractivity contribution is 5.96. The number of halogens is 4. The molecule has 0 saturated carbocycles. The van der Waals surface area contributed by atoms with Crippen molar-refractivity contribution in [2.75, 3.05) is 19.0 Å². The van der Waals surface area contributed by atoms with Crippen LogP contribution in [-0.4, -0.2) is 37.9 Å². The van der Waals surface area contributed by atoms with Crippen LogP contribution in [0.2, 0.25) is 0 Å². The molecule has 1 N–H and O–H groups in total. The maximum Gasteiger partial charge on any atom is 0.411 e. The molecule has 1 rings (SSSR count). The summed E-state index contributed by atoms with van der Waals surface area (Å²) in [5, 5.41) is 2.05. The maximum atomic E-state index is 13.5. The highest BCUT2D eigenvalue weighted by Gasteiger charge is 2.30. The van der Waals surface area contributed by atoms with Crippen molar-refractivity contribution < 1.29 is 36.6 Å². The molecule has 0 aliphatic rings. The van der Waals surface area contributed by atoms with E-state index in [0.29, 0.717) is 0 Å². The van der Waals surface area contributed by atoms with E-state index in [-0.39, 0.29) is 11.3 Å². The minimum absolute atomic E-state index is 0.0249. The van der Waals surface area contributed by atoms with Crippen LogP contribution < -0.4 is 5.32 Å². The monoisotopic (exact) mass is 323 g/mol. The number of rotatable bonds is 5. The quantitative estimate of drug-likeness (QED) is 0.668. The zero-order chi connectivity index (χ0) is 16.9. The lowest BCUT2D eigenvalue weighted by atomic mass is 10.2. The largest absolute Gasteiger partial charge is 0.465 e. The van der Waals surface area contributed by atoms with Crippen molar-refractivity contribution in [2.24, 2.45) is 0 Å². The third kappa shape index (κ3) is 5.32. The van der Waals surface area contributed by atoms with Crippen LogP contribution in [0, 0.1) is 5.82 Å². The first kappa shape index (κ1) is 17.9. The van der Waals surface area contributed by atoms with E-state index in [1.54, 1.807) is 0 Å². The summed E-state index contributed by atoms with van der Waals surface area (Å²) in [5.41, 5.74) is -0.390. The van der Waals surface area contributed by atoms with Gasteiger partial charge in [0.2, 0.25) is 0 Å². The van der Waals surface area contributed by atoms with Gasteiger partial charge in [0.05, 0.1) is 18.4 Å². The van der Waals surface area contributed by atoms with Gasteiger partial charge in [0.1, 0.15) is 18.5 Å². The molecule has 5 nitrogen and oxygen atoms in total. The molecule has 0 bridgehead atoms. The van der Waals surface area contributed by atoms with Gasteiger partial charge < -0.3 is 14.8 Å². The smallest absolute Gasteiger partial charge is 0.411 e. The molecule has 0 aliphatic heterocycles. The van der Waals surface area contributed by atoms with Crippen molar-refractivity contribution >= 4 is 17.6 Å². The first-order chi connectivity index (χ1) is 10.1. The topological polar surface area (TPSA) is 64.6 Å². The van der Waals surface area contributed by atoms with Crippen LogP contribution in [0.4, 0.5) is 23.2 Å². The normalized spacial score (nSPS) is 12.6. The Bertz CT molecular complexity index is 559. The van der Waals surface area contributed by atoms with Crippen molar-refractivity contribution in [2.45, 2.75) is 19.2 Å². The summed E-state index contributed by atoms with van der Waals surface area (Å²) in [4.78, 5) is 22.9. The number of alkyl halides is 3. The van der Waals surface area contributed by atoms with E-state index in [9.17, 15) is 27.2 Å². The molecule has 1 aromatic rings. The summed E-state index contributed by atoms with van der Waals surface area (Å²) < 4.78 is 58.3. The molecule has 0 heterocycles. The first-order valence-electron chi connectivity index (χ1n) is 6.01. The van der Waals surface area contributed by atoms with E-state index in [0.717, 1.165) is 32.2 Å². The van der Waals surface area contributed by atoms with Gasteiger partial charge in [-0.2, -0.15) is 13.2 Å². The molecule has 0 radical (unpaired) electrons. The molecule has 0 aliphatic carbocycles. The molecule has 1 aromatic carbocycles. The molecule has 22 heavy (non-hydrogen) atoms. The fourth-order valence-electron chi connectivity index (χ4n) is 1.40. The Kier molecular flexibility index (Phi) is 5.86. The number of ether oxygens (including phenoxy) is 2. The van der Waals surface area contributed by atoms with Crippen molar-refractivity contribution in [3.05, 3.63) is 29.6 Å². The van der Waals surface area contributed by atoms with E-state index in [4.69, 9.17) is 0 Å². The Balaban J connectivity index is 2.77. The summed E-state index contributed by atoms with van der Waals surface area (Å²) in [6.45, 7) is -0.518. The van der Waals surface area contributed by atoms with Gasteiger partial charge in [0, 0.05) is 0 Å². The van der Waals surface area contributed by atoms with Gasteiger partial charge in [0.15, 0.2) is 0 Å². The predicted octanol–water partition coefficient (Wildman–Crippen LogP) is 2.52. The third-order valence-electron chi connectivity index (χ3n) is 2.51. The summed E-state index contributed by atoms with van der Waals surface area (Å²) in [7, 11) is 1.12. The zero-order valence-electron chi connectivity index (χ0n) is 11.7. The minimum atomic E-state index is -4.58. The minimum Gasteiger partial charge on any atom is -0.465 e. The lowest BCUT2D eigenvalue weighted by Crippen LogP contribution is -2.31. The number of amides is 1. The number of carbonyl (C=O) groups is 2. The van der Waals surface area contributed by atoms with Gasteiger partial charge in [-0.15, -0.1) is 0 Å². The van der Waals surface area contributed by atoms with Crippen LogP contribution in [0.1, 0.15) is 17.3 Å². The van der Waals surface area contributed by atoms with Crippen molar-refractivity contribution in [3.8, 4) is 0 Å². The molecular weight excluding hydrogens is 310 g/mol. The molecular formula is C13H13F4NO4. The van der Waals surface area contributed by atoms with Crippen molar-refractivity contribution in [1.82, 2.24) is 0 Å². The second-order valence-corrected chi connectivity index (χ2v) is 4.24. The van der Waals surface area contributed by atoms with Crippen LogP contribution in [0.25, 0.3) is 0 Å². The molecule has 0 saturated heterocycles. The number of benzene rings is 1. The summed E-state index contributed by atoms with van der Waals surface area (Å²) in [6.07, 6.45) is -6.03. The van der Waals surface area contributed by atoms with Gasteiger partial charge in [-0.3, -0.25) is 4.79 Å². The maximum absolute atomic E-state index is 13.5. The molecule has 0 aromatic heterocycles. The number of nitrogens with one attached hydrogen (secondary N) is 1. The Labute approximate surface area is 123 Å². The molecule has 0 fully saturated rings. The molecule has 1 amide bonds. The Morgan fingerprint density at radius 3 is 2.50 bits per heavy atom. The fourth-order valence-corrected chi connectivity index (χ4v) is 1.40. The van der Waals surface area contributed by atoms with Gasteiger partial charge in [0.25, 0.3) is 5.91 Å². The predicted molar refractivity (Wildman–Crippen MR) is 67.8 cm³/mol. The molecule has 1 atom stereocenters. The van der Waals surface area contributed by atoms with Crippen LogP contribution in [-0.2, 0) is 14.3 Å². The number of hydrogen-bond acceptors (Lipinski definition) is 4. The van der Waals surface area contributed by atoms with Crippen LogP contribution in [0.15, 0.2) is 18.2 Å². The number of anilines is 1. The summed E-state index contributed by atoms with van der Waals surface area (Å²) in [6, 6.07) is 3.07. The molecule has 9 heteroatoms. The van der Waals surface area contributed by atoms with E-state index < -0.39 is 36.6 Å². The second kappa shape index (κ2) is 7.21. The zero-order valence-corrected chi connectivity index (χ0v) is 11.7. The fraction of sp³-hybridized carbons (Fsp3) is 0.385. The molecule has 122 valence electrons. The van der Waals surface area contributed by atoms with Crippen molar-refractivity contribution in [3.63, 3.8) is 0 Å². The Morgan fingerprint density at radius 1 is 1.32 bits per heavy atom. The SMILES string of the molecule is COC(=O)c1ccc(F)c(NC(=O)C(C)OCC(F)(F)F)c1. The first-order valence-corrected chi connectivity index (χ1v) is 6.01. The van der Waals surface area contributed by atoms with Crippen LogP contribution in [0.5, 0.6) is 0 Å². The highest BCUT2D eigenvalue weighted by atomic mass is 19.4. The summed E-state index contributed by atoms with van der Waals surface area (Å²) in [5.74, 6) is -2.59. The number of esters is 1. The standard InChI is InChI=1S/C13H13F4NO4/c1-7(22-6-13(15,16)17)11(19)18-10-5-8(12(20)21-2)3-4-9(10)14/h3-5,7H,6H2,1-2H3,(H,18,19). The summed E-state index contributed by atoms with van der Waals surface area (Å²) >= 11 is 0. The van der Waals surface area contributed by atoms with E-state index in [1.165, 1.54) is 0 Å². The molecule has 1 unspecified atom stereocenters. The van der Waals surface area contributed by atoms with Crippen molar-refractivity contribution in [1.29, 1.82) is 0 Å². The van der Waals surface area contributed by atoms with E-state index in [1.807, 2.05) is 0 Å². The lowest BCUT2D eigenvalue weighted by Gasteiger charge is -2.15. The number of hydrogen-bond donors (Lipinski definition) is 1. The van der Waals surface area contributed by atoms with E-state index >= 15 is 0 Å². The average Bonchev–Trinajstić information content (AvgIpc) is 2.45. The Morgan fingerprint density at radius 2 is 1.95 bits per heavy atom. The Hall–Kier alpha value is -2.16. The average molecular weight is 323 g/mol. The van der Waals surface area contributed by atoms with Gasteiger partial charge in [-0.1, -0.05) is 0 Å².